The molecule has 2 fully saturated rings. The summed E-state index contributed by atoms with van der Waals surface area (Å²) in [4.78, 5) is 16.9. The van der Waals surface area contributed by atoms with Crippen molar-refractivity contribution >= 4 is 17.5 Å². The molecule has 0 radical (unpaired) electrons. The van der Waals surface area contributed by atoms with Gasteiger partial charge in [-0.3, -0.25) is 9.69 Å². The van der Waals surface area contributed by atoms with Crippen LogP contribution in [0.2, 0.25) is 5.02 Å². The van der Waals surface area contributed by atoms with Crippen molar-refractivity contribution in [1.82, 2.24) is 9.80 Å². The van der Waals surface area contributed by atoms with E-state index in [2.05, 4.69) is 11.8 Å². The van der Waals surface area contributed by atoms with E-state index in [1.54, 1.807) is 12.1 Å². The molecule has 2 atom stereocenters. The minimum absolute atomic E-state index is 0.0556. The van der Waals surface area contributed by atoms with Gasteiger partial charge in [-0.2, -0.15) is 0 Å². The van der Waals surface area contributed by atoms with Crippen molar-refractivity contribution in [3.63, 3.8) is 0 Å². The molecule has 2 heterocycles. The van der Waals surface area contributed by atoms with Crippen LogP contribution in [-0.4, -0.2) is 66.2 Å². The van der Waals surface area contributed by atoms with Crippen LogP contribution in [0.1, 0.15) is 17.3 Å². The fourth-order valence-corrected chi connectivity index (χ4v) is 3.52. The fourth-order valence-electron chi connectivity index (χ4n) is 3.36. The Bertz CT molecular complexity index is 560. The highest BCUT2D eigenvalue weighted by molar-refractivity contribution is 6.30. The van der Waals surface area contributed by atoms with Gasteiger partial charge in [0.15, 0.2) is 0 Å². The Morgan fingerprint density at radius 3 is 2.73 bits per heavy atom. The number of carbonyl (C=O) groups excluding carboxylic acids is 1. The number of morpholine rings is 1. The predicted octanol–water partition coefficient (Wildman–Crippen LogP) is 1.84. The minimum atomic E-state index is -0.128. The molecule has 3 rings (SSSR count). The summed E-state index contributed by atoms with van der Waals surface area (Å²) in [6.07, 6.45) is 0. The standard InChI is InChI=1S/C16H21ClN2O3/c1-11-9-19(10-14(11)18-4-6-22-7-5-18)16(21)13-3-2-12(17)8-15(13)20/h2-3,8,11,14,20H,4-7,9-10H2,1H3/t11-,14+/m0/s1. The largest absolute Gasteiger partial charge is 0.507 e. The Morgan fingerprint density at radius 1 is 1.32 bits per heavy atom. The maximum Gasteiger partial charge on any atom is 0.257 e. The minimum Gasteiger partial charge on any atom is -0.507 e. The van der Waals surface area contributed by atoms with Crippen LogP contribution >= 0.6 is 11.6 Å². The zero-order valence-corrected chi connectivity index (χ0v) is 13.4. The van der Waals surface area contributed by atoms with Crippen LogP contribution in [0.5, 0.6) is 5.75 Å². The van der Waals surface area contributed by atoms with Gasteiger partial charge in [0.1, 0.15) is 5.75 Å². The summed E-state index contributed by atoms with van der Waals surface area (Å²) in [5.74, 6) is 0.230. The first kappa shape index (κ1) is 15.6. The third kappa shape index (κ3) is 3.07. The molecule has 2 aliphatic heterocycles. The first-order valence-corrected chi connectivity index (χ1v) is 8.03. The first-order chi connectivity index (χ1) is 10.6. The highest BCUT2D eigenvalue weighted by Gasteiger charge is 2.37. The molecule has 0 saturated carbocycles. The van der Waals surface area contributed by atoms with Crippen LogP contribution in [0.3, 0.4) is 0 Å². The Morgan fingerprint density at radius 2 is 2.05 bits per heavy atom. The number of phenols is 1. The molecule has 1 aromatic carbocycles. The summed E-state index contributed by atoms with van der Waals surface area (Å²) in [7, 11) is 0. The van der Waals surface area contributed by atoms with E-state index in [0.29, 0.717) is 35.6 Å². The molecular formula is C16H21ClN2O3. The van der Waals surface area contributed by atoms with Gasteiger partial charge in [0, 0.05) is 37.2 Å². The van der Waals surface area contributed by atoms with Crippen LogP contribution < -0.4 is 0 Å². The lowest BCUT2D eigenvalue weighted by atomic mass is 10.0. The monoisotopic (exact) mass is 324 g/mol. The van der Waals surface area contributed by atoms with Crippen molar-refractivity contribution in [2.24, 2.45) is 5.92 Å². The highest BCUT2D eigenvalue weighted by Crippen LogP contribution is 2.28. The quantitative estimate of drug-likeness (QED) is 0.902. The van der Waals surface area contributed by atoms with E-state index in [0.717, 1.165) is 26.3 Å². The number of carbonyl (C=O) groups is 1. The zero-order valence-electron chi connectivity index (χ0n) is 12.7. The van der Waals surface area contributed by atoms with Crippen molar-refractivity contribution in [3.05, 3.63) is 28.8 Å². The van der Waals surface area contributed by atoms with Gasteiger partial charge in [-0.25, -0.2) is 0 Å². The smallest absolute Gasteiger partial charge is 0.257 e. The molecule has 2 saturated heterocycles. The zero-order chi connectivity index (χ0) is 15.7. The van der Waals surface area contributed by atoms with Crippen molar-refractivity contribution in [3.8, 4) is 5.75 Å². The van der Waals surface area contributed by atoms with E-state index in [1.807, 2.05) is 4.90 Å². The van der Waals surface area contributed by atoms with Crippen molar-refractivity contribution < 1.29 is 14.6 Å². The van der Waals surface area contributed by atoms with Gasteiger partial charge in [0.05, 0.1) is 18.8 Å². The average molecular weight is 325 g/mol. The van der Waals surface area contributed by atoms with Crippen LogP contribution in [0.25, 0.3) is 0 Å². The SMILES string of the molecule is C[C@H]1CN(C(=O)c2ccc(Cl)cc2O)C[C@H]1N1CCOCC1. The lowest BCUT2D eigenvalue weighted by Crippen LogP contribution is -2.47. The summed E-state index contributed by atoms with van der Waals surface area (Å²) in [5, 5.41) is 10.4. The number of amides is 1. The summed E-state index contributed by atoms with van der Waals surface area (Å²) in [5.41, 5.74) is 0.319. The average Bonchev–Trinajstić information content (AvgIpc) is 2.89. The normalized spacial score (nSPS) is 26.4. The molecule has 0 bridgehead atoms. The predicted molar refractivity (Wildman–Crippen MR) is 84.4 cm³/mol. The van der Waals surface area contributed by atoms with Gasteiger partial charge in [-0.1, -0.05) is 18.5 Å². The second kappa shape index (κ2) is 6.44. The molecule has 1 amide bonds. The van der Waals surface area contributed by atoms with Crippen molar-refractivity contribution in [2.45, 2.75) is 13.0 Å². The molecule has 0 aromatic heterocycles. The second-order valence-electron chi connectivity index (χ2n) is 6.06. The maximum absolute atomic E-state index is 12.6. The summed E-state index contributed by atoms with van der Waals surface area (Å²) >= 11 is 5.83. The molecule has 0 unspecified atom stereocenters. The van der Waals surface area contributed by atoms with Crippen LogP contribution in [0, 0.1) is 5.92 Å². The van der Waals surface area contributed by atoms with E-state index < -0.39 is 0 Å². The van der Waals surface area contributed by atoms with E-state index in [9.17, 15) is 9.90 Å². The number of benzene rings is 1. The van der Waals surface area contributed by atoms with Crippen LogP contribution in [-0.2, 0) is 4.74 Å². The molecule has 5 nitrogen and oxygen atoms in total. The molecule has 0 aliphatic carbocycles. The molecule has 120 valence electrons. The van der Waals surface area contributed by atoms with E-state index in [-0.39, 0.29) is 11.7 Å². The lowest BCUT2D eigenvalue weighted by Gasteiger charge is -2.34. The third-order valence-corrected chi connectivity index (χ3v) is 4.80. The maximum atomic E-state index is 12.6. The molecule has 1 aromatic rings. The number of likely N-dealkylation sites (tertiary alicyclic amines) is 1. The molecule has 2 aliphatic rings. The number of aromatic hydroxyl groups is 1. The number of hydrogen-bond donors (Lipinski definition) is 1. The van der Waals surface area contributed by atoms with Gasteiger partial charge in [-0.05, 0) is 24.1 Å². The number of ether oxygens (including phenoxy) is 1. The Balaban J connectivity index is 1.71. The van der Waals surface area contributed by atoms with Gasteiger partial charge in [0.2, 0.25) is 0 Å². The Hall–Kier alpha value is -1.30. The van der Waals surface area contributed by atoms with Crippen LogP contribution in [0.4, 0.5) is 0 Å². The molecule has 6 heteroatoms. The van der Waals surface area contributed by atoms with E-state index in [1.165, 1.54) is 6.07 Å². The first-order valence-electron chi connectivity index (χ1n) is 7.66. The number of halogens is 1. The second-order valence-corrected chi connectivity index (χ2v) is 6.50. The summed E-state index contributed by atoms with van der Waals surface area (Å²) in [6.45, 7) is 6.94. The van der Waals surface area contributed by atoms with Crippen molar-refractivity contribution in [1.29, 1.82) is 0 Å². The third-order valence-electron chi connectivity index (χ3n) is 4.56. The van der Waals surface area contributed by atoms with Gasteiger partial charge in [-0.15, -0.1) is 0 Å². The van der Waals surface area contributed by atoms with E-state index >= 15 is 0 Å². The summed E-state index contributed by atoms with van der Waals surface area (Å²) < 4.78 is 5.40. The summed E-state index contributed by atoms with van der Waals surface area (Å²) in [6, 6.07) is 5.00. The number of rotatable bonds is 2. The molecule has 1 N–H and O–H groups in total. The number of nitrogens with zero attached hydrogens (tertiary/aromatic N) is 2. The fraction of sp³-hybridized carbons (Fsp3) is 0.562. The Labute approximate surface area is 135 Å². The number of hydrogen-bond acceptors (Lipinski definition) is 4. The highest BCUT2D eigenvalue weighted by atomic mass is 35.5. The van der Waals surface area contributed by atoms with Gasteiger partial charge >= 0.3 is 0 Å². The van der Waals surface area contributed by atoms with E-state index in [4.69, 9.17) is 16.3 Å². The Kier molecular flexibility index (Phi) is 4.57. The molecule has 22 heavy (non-hydrogen) atoms. The number of phenolic OH excluding ortho intramolecular Hbond substituents is 1. The molecule has 0 spiro atoms. The van der Waals surface area contributed by atoms with Gasteiger partial charge in [0.25, 0.3) is 5.91 Å². The van der Waals surface area contributed by atoms with Gasteiger partial charge < -0.3 is 14.7 Å². The topological polar surface area (TPSA) is 53.0 Å². The van der Waals surface area contributed by atoms with Crippen LogP contribution in [0.15, 0.2) is 18.2 Å². The van der Waals surface area contributed by atoms with Crippen molar-refractivity contribution in [2.75, 3.05) is 39.4 Å². The lowest BCUT2D eigenvalue weighted by molar-refractivity contribution is 0.0119. The molecular weight excluding hydrogens is 304 g/mol.